The number of halogens is 3. The van der Waals surface area contributed by atoms with Gasteiger partial charge in [0.25, 0.3) is 5.91 Å². The molecule has 31 heavy (non-hydrogen) atoms. The minimum atomic E-state index is -0.381. The summed E-state index contributed by atoms with van der Waals surface area (Å²) in [5, 5.41) is 15.6. The van der Waals surface area contributed by atoms with Crippen molar-refractivity contribution in [1.29, 1.82) is 0 Å². The van der Waals surface area contributed by atoms with Crippen molar-refractivity contribution in [2.45, 2.75) is 18.1 Å². The largest absolute Gasteiger partial charge is 0.342 e. The van der Waals surface area contributed by atoms with Gasteiger partial charge in [-0.3, -0.25) is 9.59 Å². The van der Waals surface area contributed by atoms with E-state index in [0.717, 1.165) is 4.47 Å². The smallest absolute Gasteiger partial charge is 0.251 e. The quantitative estimate of drug-likeness (QED) is 0.405. The van der Waals surface area contributed by atoms with Crippen molar-refractivity contribution in [3.05, 3.63) is 68.4 Å². The Morgan fingerprint density at radius 1 is 1.16 bits per heavy atom. The highest BCUT2D eigenvalue weighted by Gasteiger charge is 2.19. The Morgan fingerprint density at radius 2 is 1.87 bits per heavy atom. The number of anilines is 1. The molecule has 2 amide bonds. The van der Waals surface area contributed by atoms with Crippen molar-refractivity contribution in [2.24, 2.45) is 7.05 Å². The molecule has 0 aliphatic heterocycles. The van der Waals surface area contributed by atoms with Crippen LogP contribution in [0.2, 0.25) is 10.0 Å². The van der Waals surface area contributed by atoms with Gasteiger partial charge in [0.15, 0.2) is 11.0 Å². The average molecular weight is 543 g/mol. The second-order valence-electron chi connectivity index (χ2n) is 6.57. The Balaban J connectivity index is 1.57. The zero-order valence-corrected chi connectivity index (χ0v) is 20.4. The van der Waals surface area contributed by atoms with Gasteiger partial charge in [0.1, 0.15) is 0 Å². The lowest BCUT2D eigenvalue weighted by molar-refractivity contribution is -0.113. The summed E-state index contributed by atoms with van der Waals surface area (Å²) in [5.74, 6) is 0.279. The Kier molecular flexibility index (Phi) is 7.99. The maximum atomic E-state index is 12.4. The van der Waals surface area contributed by atoms with Crippen molar-refractivity contribution < 1.29 is 9.59 Å². The van der Waals surface area contributed by atoms with Gasteiger partial charge in [-0.05, 0) is 65.3 Å². The molecule has 7 nitrogen and oxygen atoms in total. The number of hydrogen-bond acceptors (Lipinski definition) is 5. The van der Waals surface area contributed by atoms with E-state index in [9.17, 15) is 9.59 Å². The van der Waals surface area contributed by atoms with Crippen LogP contribution in [-0.2, 0) is 11.8 Å². The monoisotopic (exact) mass is 541 g/mol. The van der Waals surface area contributed by atoms with Crippen molar-refractivity contribution in [3.8, 4) is 0 Å². The number of rotatable bonds is 7. The van der Waals surface area contributed by atoms with Crippen LogP contribution in [0.15, 0.2) is 52.1 Å². The molecule has 1 aromatic heterocycles. The summed E-state index contributed by atoms with van der Waals surface area (Å²) in [6.45, 7) is 1.82. The van der Waals surface area contributed by atoms with Crippen LogP contribution in [0.4, 0.5) is 5.69 Å². The van der Waals surface area contributed by atoms with E-state index in [-0.39, 0.29) is 23.6 Å². The maximum Gasteiger partial charge on any atom is 0.251 e. The van der Waals surface area contributed by atoms with Crippen LogP contribution in [0.5, 0.6) is 0 Å². The normalized spacial score (nSPS) is 11.8. The molecule has 0 saturated heterocycles. The average Bonchev–Trinajstić information content (AvgIpc) is 3.10. The molecule has 162 valence electrons. The van der Waals surface area contributed by atoms with Crippen LogP contribution < -0.4 is 10.6 Å². The maximum absolute atomic E-state index is 12.4. The molecule has 2 aromatic carbocycles. The van der Waals surface area contributed by atoms with Crippen LogP contribution in [0.25, 0.3) is 0 Å². The summed E-state index contributed by atoms with van der Waals surface area (Å²) < 4.78 is 2.51. The fourth-order valence-electron chi connectivity index (χ4n) is 2.68. The molecule has 0 radical (unpaired) electrons. The molecular weight excluding hydrogens is 525 g/mol. The molecule has 0 spiro atoms. The molecule has 0 aliphatic carbocycles. The number of benzene rings is 2. The summed E-state index contributed by atoms with van der Waals surface area (Å²) in [6.07, 6.45) is 0. The Bertz CT molecular complexity index is 1110. The first-order valence-corrected chi connectivity index (χ1v) is 11.6. The molecular formula is C20H18BrCl2N5O2S. The summed E-state index contributed by atoms with van der Waals surface area (Å²) >= 11 is 16.5. The molecule has 0 bridgehead atoms. The number of hydrogen-bond donors (Lipinski definition) is 2. The van der Waals surface area contributed by atoms with Crippen molar-refractivity contribution in [3.63, 3.8) is 0 Å². The van der Waals surface area contributed by atoms with E-state index in [1.165, 1.54) is 11.8 Å². The lowest BCUT2D eigenvalue weighted by Gasteiger charge is -2.13. The van der Waals surface area contributed by atoms with Gasteiger partial charge >= 0.3 is 0 Å². The number of nitrogens with one attached hydrogen (secondary N) is 2. The van der Waals surface area contributed by atoms with Gasteiger partial charge in [-0.2, -0.15) is 0 Å². The van der Waals surface area contributed by atoms with E-state index in [4.69, 9.17) is 23.2 Å². The highest BCUT2D eigenvalue weighted by atomic mass is 79.9. The standard InChI is InChI=1S/C20H18BrCl2N5O2S/c1-11(24-19(30)12-3-5-13(22)6-4-12)18-26-27-20(28(18)2)31-10-17(29)25-14-7-8-15(21)16(23)9-14/h3-9,11H,10H2,1-2H3,(H,24,30)(H,25,29)/t11-/m0/s1. The molecule has 11 heteroatoms. The third-order valence-electron chi connectivity index (χ3n) is 4.25. The molecule has 1 heterocycles. The van der Waals surface area contributed by atoms with E-state index in [0.29, 0.717) is 32.3 Å². The fraction of sp³-hybridized carbons (Fsp3) is 0.200. The van der Waals surface area contributed by atoms with Crippen molar-refractivity contribution in [1.82, 2.24) is 20.1 Å². The first-order valence-electron chi connectivity index (χ1n) is 9.08. The molecule has 2 N–H and O–H groups in total. The number of nitrogens with zero attached hydrogens (tertiary/aromatic N) is 3. The van der Waals surface area contributed by atoms with Gasteiger partial charge in [0, 0.05) is 27.8 Å². The minimum Gasteiger partial charge on any atom is -0.342 e. The minimum absolute atomic E-state index is 0.144. The first-order chi connectivity index (χ1) is 14.7. The summed E-state index contributed by atoms with van der Waals surface area (Å²) in [7, 11) is 1.79. The number of amides is 2. The van der Waals surface area contributed by atoms with Gasteiger partial charge in [0.05, 0.1) is 16.8 Å². The molecule has 0 unspecified atom stereocenters. The van der Waals surface area contributed by atoms with Crippen LogP contribution in [0.3, 0.4) is 0 Å². The zero-order chi connectivity index (χ0) is 22.5. The first kappa shape index (κ1) is 23.6. The SMILES string of the molecule is C[C@H](NC(=O)c1ccc(Cl)cc1)c1nnc(SCC(=O)Nc2ccc(Br)c(Cl)c2)n1C. The van der Waals surface area contributed by atoms with Crippen LogP contribution in [-0.4, -0.2) is 32.3 Å². The van der Waals surface area contributed by atoms with Gasteiger partial charge in [0.2, 0.25) is 5.91 Å². The zero-order valence-electron chi connectivity index (χ0n) is 16.5. The van der Waals surface area contributed by atoms with Gasteiger partial charge < -0.3 is 15.2 Å². The van der Waals surface area contributed by atoms with Crippen LogP contribution >= 0.6 is 50.9 Å². The topological polar surface area (TPSA) is 88.9 Å². The molecule has 0 aliphatic rings. The number of carbonyl (C=O) groups excluding carboxylic acids is 2. The predicted molar refractivity (Wildman–Crippen MR) is 127 cm³/mol. The van der Waals surface area contributed by atoms with E-state index in [1.807, 2.05) is 6.92 Å². The Hall–Kier alpha value is -2.07. The molecule has 1 atom stereocenters. The van der Waals surface area contributed by atoms with E-state index in [1.54, 1.807) is 54.1 Å². The Morgan fingerprint density at radius 3 is 2.55 bits per heavy atom. The third-order valence-corrected chi connectivity index (χ3v) is 6.75. The fourth-order valence-corrected chi connectivity index (χ4v) is 3.95. The highest BCUT2D eigenvalue weighted by Crippen LogP contribution is 2.26. The lowest BCUT2D eigenvalue weighted by Crippen LogP contribution is -2.28. The second-order valence-corrected chi connectivity index (χ2v) is 9.21. The van der Waals surface area contributed by atoms with E-state index >= 15 is 0 Å². The highest BCUT2D eigenvalue weighted by molar-refractivity contribution is 9.10. The molecule has 3 aromatic rings. The third kappa shape index (κ3) is 6.22. The molecule has 3 rings (SSSR count). The van der Waals surface area contributed by atoms with Gasteiger partial charge in [-0.25, -0.2) is 0 Å². The van der Waals surface area contributed by atoms with Crippen LogP contribution in [0, 0.1) is 0 Å². The predicted octanol–water partition coefficient (Wildman–Crippen LogP) is 5.11. The second kappa shape index (κ2) is 10.5. The molecule has 0 saturated carbocycles. The van der Waals surface area contributed by atoms with E-state index in [2.05, 4.69) is 36.8 Å². The summed E-state index contributed by atoms with van der Waals surface area (Å²) in [4.78, 5) is 24.7. The van der Waals surface area contributed by atoms with Gasteiger partial charge in [-0.15, -0.1) is 10.2 Å². The van der Waals surface area contributed by atoms with E-state index < -0.39 is 0 Å². The number of aromatic nitrogens is 3. The van der Waals surface area contributed by atoms with Crippen LogP contribution in [0.1, 0.15) is 29.1 Å². The van der Waals surface area contributed by atoms with Crippen molar-refractivity contribution in [2.75, 3.05) is 11.1 Å². The Labute approximate surface area is 202 Å². The van der Waals surface area contributed by atoms with Gasteiger partial charge in [-0.1, -0.05) is 35.0 Å². The number of thioether (sulfide) groups is 1. The number of carbonyl (C=O) groups is 2. The van der Waals surface area contributed by atoms with Crippen molar-refractivity contribution >= 4 is 68.4 Å². The lowest BCUT2D eigenvalue weighted by atomic mass is 10.2. The summed E-state index contributed by atoms with van der Waals surface area (Å²) in [5.41, 5.74) is 1.11. The summed E-state index contributed by atoms with van der Waals surface area (Å²) in [6, 6.07) is 11.4. The molecule has 0 fully saturated rings.